The highest BCUT2D eigenvalue weighted by Crippen LogP contribution is 2.22. The van der Waals surface area contributed by atoms with Crippen molar-refractivity contribution in [1.29, 1.82) is 0 Å². The minimum atomic E-state index is -0.675. The number of aliphatic imine (C=N–C) groups is 1. The lowest BCUT2D eigenvalue weighted by Crippen LogP contribution is -2.07. The predicted molar refractivity (Wildman–Crippen MR) is 84.8 cm³/mol. The van der Waals surface area contributed by atoms with Crippen molar-refractivity contribution in [2.24, 2.45) is 4.99 Å². The van der Waals surface area contributed by atoms with Crippen LogP contribution in [0.15, 0.2) is 59.2 Å². The maximum absolute atomic E-state index is 13.8. The van der Waals surface area contributed by atoms with Gasteiger partial charge in [-0.25, -0.2) is 14.2 Å². The van der Waals surface area contributed by atoms with Crippen molar-refractivity contribution in [3.05, 3.63) is 71.2 Å². The molecule has 1 aliphatic rings. The Morgan fingerprint density at radius 1 is 1.21 bits per heavy atom. The predicted octanol–water partition coefficient (Wildman–Crippen LogP) is 3.10. The lowest BCUT2D eigenvalue weighted by Gasteiger charge is -2.01. The Kier molecular flexibility index (Phi) is 4.20. The molecule has 0 unspecified atom stereocenters. The van der Waals surface area contributed by atoms with E-state index < -0.39 is 17.8 Å². The zero-order valence-corrected chi connectivity index (χ0v) is 12.7. The second-order valence-electron chi connectivity index (χ2n) is 4.98. The van der Waals surface area contributed by atoms with Crippen molar-refractivity contribution in [2.45, 2.75) is 6.92 Å². The summed E-state index contributed by atoms with van der Waals surface area (Å²) in [6, 6.07) is 12.5. The van der Waals surface area contributed by atoms with E-state index in [1.165, 1.54) is 31.2 Å². The molecular formula is C18H12FNO4. The summed E-state index contributed by atoms with van der Waals surface area (Å²) >= 11 is 0. The number of esters is 2. The molecule has 1 aliphatic heterocycles. The first kappa shape index (κ1) is 15.6. The molecular weight excluding hydrogens is 313 g/mol. The number of carbonyl (C=O) groups is 2. The van der Waals surface area contributed by atoms with E-state index in [-0.39, 0.29) is 17.2 Å². The van der Waals surface area contributed by atoms with Gasteiger partial charge in [0.15, 0.2) is 5.70 Å². The summed E-state index contributed by atoms with van der Waals surface area (Å²) in [6.45, 7) is 1.30. The molecule has 2 aromatic rings. The Morgan fingerprint density at radius 3 is 2.75 bits per heavy atom. The number of cyclic esters (lactones) is 1. The molecule has 0 bridgehead atoms. The zero-order chi connectivity index (χ0) is 17.1. The summed E-state index contributed by atoms with van der Waals surface area (Å²) in [5, 5.41) is 0. The van der Waals surface area contributed by atoms with Crippen LogP contribution in [0.25, 0.3) is 6.08 Å². The van der Waals surface area contributed by atoms with Crippen molar-refractivity contribution >= 4 is 23.9 Å². The number of rotatable bonds is 3. The largest absolute Gasteiger partial charge is 0.427 e. The summed E-state index contributed by atoms with van der Waals surface area (Å²) in [7, 11) is 0. The minimum Gasteiger partial charge on any atom is -0.427 e. The van der Waals surface area contributed by atoms with Crippen LogP contribution in [-0.2, 0) is 14.3 Å². The number of carbonyl (C=O) groups excluding carboxylic acids is 2. The zero-order valence-electron chi connectivity index (χ0n) is 12.7. The van der Waals surface area contributed by atoms with Gasteiger partial charge < -0.3 is 9.47 Å². The molecule has 120 valence electrons. The van der Waals surface area contributed by atoms with Crippen LogP contribution in [0.1, 0.15) is 18.1 Å². The van der Waals surface area contributed by atoms with Crippen molar-refractivity contribution < 1.29 is 23.5 Å². The number of hydrogen-bond donors (Lipinski definition) is 0. The van der Waals surface area contributed by atoms with Crippen molar-refractivity contribution in [2.75, 3.05) is 0 Å². The van der Waals surface area contributed by atoms with Gasteiger partial charge in [0.2, 0.25) is 5.90 Å². The quantitative estimate of drug-likeness (QED) is 0.494. The first-order chi connectivity index (χ1) is 11.5. The second-order valence-corrected chi connectivity index (χ2v) is 4.98. The maximum Gasteiger partial charge on any atom is 0.363 e. The smallest absolute Gasteiger partial charge is 0.363 e. The van der Waals surface area contributed by atoms with Gasteiger partial charge in [-0.1, -0.05) is 24.3 Å². The molecule has 0 saturated heterocycles. The normalized spacial score (nSPS) is 15.2. The van der Waals surface area contributed by atoms with E-state index in [1.54, 1.807) is 30.3 Å². The molecule has 0 amide bonds. The van der Waals surface area contributed by atoms with E-state index in [0.29, 0.717) is 11.3 Å². The van der Waals surface area contributed by atoms with Gasteiger partial charge in [0.05, 0.1) is 5.56 Å². The number of benzene rings is 2. The van der Waals surface area contributed by atoms with Crippen molar-refractivity contribution in [3.63, 3.8) is 0 Å². The molecule has 2 aromatic carbocycles. The van der Waals surface area contributed by atoms with Gasteiger partial charge in [-0.2, -0.15) is 0 Å². The number of halogens is 1. The second kappa shape index (κ2) is 6.45. The molecule has 0 atom stereocenters. The fraction of sp³-hybridized carbons (Fsp3) is 0.0556. The van der Waals surface area contributed by atoms with E-state index in [2.05, 4.69) is 4.99 Å². The minimum absolute atomic E-state index is 0.0354. The summed E-state index contributed by atoms with van der Waals surface area (Å²) in [6.07, 6.45) is 1.48. The topological polar surface area (TPSA) is 65.0 Å². The van der Waals surface area contributed by atoms with Crippen LogP contribution in [0, 0.1) is 5.82 Å². The summed E-state index contributed by atoms with van der Waals surface area (Å²) in [5.74, 6) is -1.38. The Morgan fingerprint density at radius 2 is 2.00 bits per heavy atom. The van der Waals surface area contributed by atoms with Crippen molar-refractivity contribution in [1.82, 2.24) is 0 Å². The third-order valence-corrected chi connectivity index (χ3v) is 3.15. The third-order valence-electron chi connectivity index (χ3n) is 3.15. The molecule has 6 heteroatoms. The lowest BCUT2D eigenvalue weighted by atomic mass is 10.2. The Bertz CT molecular complexity index is 886. The van der Waals surface area contributed by atoms with Crippen LogP contribution in [-0.4, -0.2) is 17.8 Å². The molecule has 0 radical (unpaired) electrons. The highest BCUT2D eigenvalue weighted by atomic mass is 19.1. The van der Waals surface area contributed by atoms with Crippen LogP contribution in [0.3, 0.4) is 0 Å². The van der Waals surface area contributed by atoms with E-state index in [4.69, 9.17) is 9.47 Å². The van der Waals surface area contributed by atoms with E-state index in [0.717, 1.165) is 0 Å². The summed E-state index contributed by atoms with van der Waals surface area (Å²) in [5.41, 5.74) is 0.746. The molecule has 0 fully saturated rings. The van der Waals surface area contributed by atoms with Gasteiger partial charge in [0.25, 0.3) is 0 Å². The van der Waals surface area contributed by atoms with Gasteiger partial charge in [-0.15, -0.1) is 0 Å². The van der Waals surface area contributed by atoms with Gasteiger partial charge >= 0.3 is 11.9 Å². The highest BCUT2D eigenvalue weighted by molar-refractivity contribution is 6.12. The van der Waals surface area contributed by atoms with Crippen LogP contribution in [0.4, 0.5) is 4.39 Å². The maximum atomic E-state index is 13.8. The molecule has 5 nitrogen and oxygen atoms in total. The molecule has 0 saturated carbocycles. The number of hydrogen-bond acceptors (Lipinski definition) is 5. The highest BCUT2D eigenvalue weighted by Gasteiger charge is 2.25. The van der Waals surface area contributed by atoms with Crippen LogP contribution >= 0.6 is 0 Å². The fourth-order valence-electron chi connectivity index (χ4n) is 2.15. The standard InChI is InChI=1S/C18H12FNO4/c1-11(21)23-13-6-4-5-12(9-13)10-16-18(22)24-17(20-16)14-7-2-3-8-15(14)19/h2-10H,1H3/b16-10-. The van der Waals surface area contributed by atoms with Crippen molar-refractivity contribution in [3.8, 4) is 5.75 Å². The van der Waals surface area contributed by atoms with E-state index >= 15 is 0 Å². The summed E-state index contributed by atoms with van der Waals surface area (Å²) in [4.78, 5) is 27.0. The molecule has 0 N–H and O–H groups in total. The van der Waals surface area contributed by atoms with Gasteiger partial charge in [-0.05, 0) is 35.9 Å². The Balaban J connectivity index is 1.92. The molecule has 1 heterocycles. The molecule has 3 rings (SSSR count). The average molecular weight is 325 g/mol. The molecule has 0 aliphatic carbocycles. The lowest BCUT2D eigenvalue weighted by molar-refractivity contribution is -0.132. The molecule has 0 aromatic heterocycles. The molecule has 24 heavy (non-hydrogen) atoms. The Labute approximate surface area is 137 Å². The number of ether oxygens (including phenoxy) is 2. The van der Waals surface area contributed by atoms with Gasteiger partial charge in [0.1, 0.15) is 11.6 Å². The monoisotopic (exact) mass is 325 g/mol. The average Bonchev–Trinajstić information content (AvgIpc) is 2.88. The van der Waals surface area contributed by atoms with Gasteiger partial charge in [0, 0.05) is 6.92 Å². The number of nitrogens with zero attached hydrogens (tertiary/aromatic N) is 1. The third kappa shape index (κ3) is 3.38. The molecule has 0 spiro atoms. The van der Waals surface area contributed by atoms with Crippen LogP contribution in [0.5, 0.6) is 5.75 Å². The first-order valence-electron chi connectivity index (χ1n) is 7.09. The SMILES string of the molecule is CC(=O)Oc1cccc(/C=C2\N=C(c3ccccc3F)OC2=O)c1. The fourth-order valence-corrected chi connectivity index (χ4v) is 2.15. The van der Waals surface area contributed by atoms with E-state index in [1.807, 2.05) is 0 Å². The van der Waals surface area contributed by atoms with Crippen LogP contribution < -0.4 is 4.74 Å². The van der Waals surface area contributed by atoms with E-state index in [9.17, 15) is 14.0 Å². The van der Waals surface area contributed by atoms with Crippen LogP contribution in [0.2, 0.25) is 0 Å². The summed E-state index contributed by atoms with van der Waals surface area (Å²) < 4.78 is 23.8. The van der Waals surface area contributed by atoms with Gasteiger partial charge in [-0.3, -0.25) is 4.79 Å². The first-order valence-corrected chi connectivity index (χ1v) is 7.09. The Hall–Kier alpha value is -3.28.